The van der Waals surface area contributed by atoms with Crippen LogP contribution in [0.2, 0.25) is 0 Å². The molecule has 1 amide bonds. The Balaban J connectivity index is 1.91. The maximum absolute atomic E-state index is 11.9. The number of hydrogen-bond acceptors (Lipinski definition) is 5. The fraction of sp³-hybridized carbons (Fsp3) is 0.250. The molecule has 39 heavy (non-hydrogen) atoms. The van der Waals surface area contributed by atoms with E-state index in [0.29, 0.717) is 16.8 Å². The molecular formula is C32H30N2O5. The summed E-state index contributed by atoms with van der Waals surface area (Å²) in [7, 11) is 1.30. The summed E-state index contributed by atoms with van der Waals surface area (Å²) in [6, 6.07) is 17.1. The van der Waals surface area contributed by atoms with Gasteiger partial charge in [0.1, 0.15) is 5.56 Å². The van der Waals surface area contributed by atoms with E-state index >= 15 is 0 Å². The quantitative estimate of drug-likeness (QED) is 0.124. The minimum atomic E-state index is -0.517. The van der Waals surface area contributed by atoms with Crippen LogP contribution in [0.1, 0.15) is 77.7 Å². The lowest BCUT2D eigenvalue weighted by Gasteiger charge is -2.07. The van der Waals surface area contributed by atoms with E-state index in [1.165, 1.54) is 51.0 Å². The fourth-order valence-corrected chi connectivity index (χ4v) is 3.83. The number of unbranched alkanes of at least 4 members (excludes halogenated alkanes) is 3. The second kappa shape index (κ2) is 14.2. The lowest BCUT2D eigenvalue weighted by Crippen LogP contribution is -2.08. The first-order valence-corrected chi connectivity index (χ1v) is 12.7. The van der Waals surface area contributed by atoms with Crippen molar-refractivity contribution < 1.29 is 19.2 Å². The molecule has 0 radical (unpaired) electrons. The third-order valence-electron chi connectivity index (χ3n) is 5.91. The molecule has 0 fully saturated rings. The van der Waals surface area contributed by atoms with Crippen LogP contribution in [0.3, 0.4) is 0 Å². The number of esters is 1. The van der Waals surface area contributed by atoms with Crippen molar-refractivity contribution in [1.29, 1.82) is 0 Å². The molecule has 3 aromatic rings. The Hall–Kier alpha value is -4.88. The van der Waals surface area contributed by atoms with E-state index in [1.54, 1.807) is 24.3 Å². The summed E-state index contributed by atoms with van der Waals surface area (Å²) < 4.78 is 4.69. The van der Waals surface area contributed by atoms with E-state index in [9.17, 15) is 19.7 Å². The normalized spacial score (nSPS) is 9.92. The van der Waals surface area contributed by atoms with E-state index < -0.39 is 10.9 Å². The number of nitrogens with one attached hydrogen (secondary N) is 1. The number of ether oxygens (including phenoxy) is 1. The number of aryl methyl sites for hydroxylation is 1. The summed E-state index contributed by atoms with van der Waals surface area (Å²) >= 11 is 0. The Bertz CT molecular complexity index is 1470. The van der Waals surface area contributed by atoms with E-state index in [-0.39, 0.29) is 22.7 Å². The molecule has 0 atom stereocenters. The Labute approximate surface area is 228 Å². The van der Waals surface area contributed by atoms with Crippen LogP contribution in [0, 0.1) is 33.8 Å². The lowest BCUT2D eigenvalue weighted by atomic mass is 10.0. The van der Waals surface area contributed by atoms with Gasteiger partial charge in [-0.25, -0.2) is 4.79 Å². The summed E-state index contributed by atoms with van der Waals surface area (Å²) in [4.78, 5) is 34.8. The molecule has 0 unspecified atom stereocenters. The number of hydrogen-bond donors (Lipinski definition) is 1. The molecule has 0 spiro atoms. The number of nitro benzene ring substituents is 1. The number of anilines is 1. The van der Waals surface area contributed by atoms with Gasteiger partial charge in [0.25, 0.3) is 5.69 Å². The van der Waals surface area contributed by atoms with Gasteiger partial charge < -0.3 is 10.1 Å². The third kappa shape index (κ3) is 8.59. The van der Waals surface area contributed by atoms with Crippen molar-refractivity contribution in [2.45, 2.75) is 46.0 Å². The van der Waals surface area contributed by atoms with Crippen molar-refractivity contribution in [3.63, 3.8) is 0 Å². The van der Waals surface area contributed by atoms with Gasteiger partial charge in [0.2, 0.25) is 5.91 Å². The average molecular weight is 523 g/mol. The predicted molar refractivity (Wildman–Crippen MR) is 151 cm³/mol. The SMILES string of the molecule is CCCCCCc1ccc(C#Cc2cc(NC(C)=O)c(C#Cc3ccc(C(=O)OC)cc3)cc2[N+](=O)[O-])cc1. The van der Waals surface area contributed by atoms with Crippen LogP contribution in [0.4, 0.5) is 11.4 Å². The Kier molecular flexibility index (Phi) is 10.4. The number of amides is 1. The summed E-state index contributed by atoms with van der Waals surface area (Å²) in [6.45, 7) is 3.53. The number of nitro groups is 1. The van der Waals surface area contributed by atoms with Crippen LogP contribution in [0.15, 0.2) is 60.7 Å². The number of benzene rings is 3. The van der Waals surface area contributed by atoms with E-state index in [0.717, 1.165) is 18.4 Å². The van der Waals surface area contributed by atoms with Gasteiger partial charge in [-0.05, 0) is 60.9 Å². The largest absolute Gasteiger partial charge is 0.465 e. The van der Waals surface area contributed by atoms with Crippen LogP contribution in [0.25, 0.3) is 0 Å². The highest BCUT2D eigenvalue weighted by Gasteiger charge is 2.17. The molecule has 0 aromatic heterocycles. The first kappa shape index (κ1) is 28.7. The molecule has 0 aliphatic carbocycles. The fourth-order valence-electron chi connectivity index (χ4n) is 3.83. The molecule has 7 nitrogen and oxygen atoms in total. The van der Waals surface area contributed by atoms with Crippen LogP contribution >= 0.6 is 0 Å². The summed E-state index contributed by atoms with van der Waals surface area (Å²) in [5, 5.41) is 14.6. The van der Waals surface area contributed by atoms with Gasteiger partial charge in [-0.15, -0.1) is 0 Å². The molecule has 3 rings (SSSR count). The first-order valence-electron chi connectivity index (χ1n) is 12.7. The first-order chi connectivity index (χ1) is 18.8. The molecule has 198 valence electrons. The molecule has 0 heterocycles. The van der Waals surface area contributed by atoms with Gasteiger partial charge in [0.05, 0.1) is 28.8 Å². The maximum Gasteiger partial charge on any atom is 0.337 e. The minimum absolute atomic E-state index is 0.167. The summed E-state index contributed by atoms with van der Waals surface area (Å²) in [6.07, 6.45) is 5.80. The van der Waals surface area contributed by atoms with E-state index in [1.807, 2.05) is 24.3 Å². The number of rotatable bonds is 8. The summed E-state index contributed by atoms with van der Waals surface area (Å²) in [5.74, 6) is 10.9. The second-order valence-electron chi connectivity index (χ2n) is 8.93. The molecule has 0 bridgehead atoms. The number of nitrogens with zero attached hydrogens (tertiary/aromatic N) is 1. The highest BCUT2D eigenvalue weighted by atomic mass is 16.6. The van der Waals surface area contributed by atoms with Crippen LogP contribution in [0.5, 0.6) is 0 Å². The molecule has 7 heteroatoms. The van der Waals surface area contributed by atoms with Gasteiger partial charge in [0, 0.05) is 24.1 Å². The highest BCUT2D eigenvalue weighted by Crippen LogP contribution is 2.27. The lowest BCUT2D eigenvalue weighted by molar-refractivity contribution is -0.385. The smallest absolute Gasteiger partial charge is 0.337 e. The molecule has 0 aliphatic rings. The molecule has 0 saturated carbocycles. The zero-order chi connectivity index (χ0) is 28.2. The molecule has 1 N–H and O–H groups in total. The van der Waals surface area contributed by atoms with E-state index in [4.69, 9.17) is 0 Å². The third-order valence-corrected chi connectivity index (χ3v) is 5.91. The van der Waals surface area contributed by atoms with Crippen molar-refractivity contribution in [2.75, 3.05) is 12.4 Å². The van der Waals surface area contributed by atoms with Crippen molar-refractivity contribution in [1.82, 2.24) is 0 Å². The number of carbonyl (C=O) groups excluding carboxylic acids is 2. The maximum atomic E-state index is 11.9. The van der Waals surface area contributed by atoms with Crippen molar-refractivity contribution in [2.24, 2.45) is 0 Å². The van der Waals surface area contributed by atoms with Gasteiger partial charge in [-0.1, -0.05) is 62.0 Å². The topological polar surface area (TPSA) is 98.5 Å². The Morgan fingerprint density at radius 1 is 0.872 bits per heavy atom. The standard InChI is InChI=1S/C32H30N2O5/c1-4-5-6-7-8-24-9-11-25(12-10-24)16-20-29-21-30(33-23(2)35)28(22-31(29)34(37)38)19-15-26-13-17-27(18-14-26)32(36)39-3/h9-14,17-18,21-22H,4-8H2,1-3H3,(H,33,35). The highest BCUT2D eigenvalue weighted by molar-refractivity contribution is 5.91. The molecular weight excluding hydrogens is 492 g/mol. The molecule has 0 saturated heterocycles. The van der Waals surface area contributed by atoms with Crippen molar-refractivity contribution >= 4 is 23.3 Å². The zero-order valence-corrected chi connectivity index (χ0v) is 22.3. The monoisotopic (exact) mass is 522 g/mol. The Morgan fingerprint density at radius 3 is 2.05 bits per heavy atom. The van der Waals surface area contributed by atoms with Crippen molar-refractivity contribution in [3.05, 3.63) is 104 Å². The summed E-state index contributed by atoms with van der Waals surface area (Å²) in [5.41, 5.74) is 3.47. The minimum Gasteiger partial charge on any atom is -0.465 e. The Morgan fingerprint density at radius 2 is 1.49 bits per heavy atom. The zero-order valence-electron chi connectivity index (χ0n) is 22.3. The van der Waals surface area contributed by atoms with Gasteiger partial charge in [-0.3, -0.25) is 14.9 Å². The van der Waals surface area contributed by atoms with Gasteiger partial charge >= 0.3 is 5.97 Å². The number of methoxy groups -OCH3 is 1. The average Bonchev–Trinajstić information content (AvgIpc) is 2.93. The number of carbonyl (C=O) groups is 2. The van der Waals surface area contributed by atoms with Crippen LogP contribution in [-0.2, 0) is 16.0 Å². The predicted octanol–water partition coefficient (Wildman–Crippen LogP) is 6.26. The van der Waals surface area contributed by atoms with Crippen molar-refractivity contribution in [3.8, 4) is 23.7 Å². The molecule has 3 aromatic carbocycles. The second-order valence-corrected chi connectivity index (χ2v) is 8.93. The van der Waals surface area contributed by atoms with Crippen LogP contribution in [-0.4, -0.2) is 23.9 Å². The van der Waals surface area contributed by atoms with Gasteiger partial charge in [-0.2, -0.15) is 0 Å². The molecule has 0 aliphatic heterocycles. The van der Waals surface area contributed by atoms with E-state index in [2.05, 4.69) is 40.7 Å². The van der Waals surface area contributed by atoms with Gasteiger partial charge in [0.15, 0.2) is 0 Å². The van der Waals surface area contributed by atoms with Crippen LogP contribution < -0.4 is 5.32 Å².